The van der Waals surface area contributed by atoms with E-state index in [4.69, 9.17) is 4.74 Å². The van der Waals surface area contributed by atoms with Crippen molar-refractivity contribution < 1.29 is 9.66 Å². The molecule has 2 rings (SSSR count). The number of ether oxygens (including phenoxy) is 1. The summed E-state index contributed by atoms with van der Waals surface area (Å²) < 4.78 is 5.22. The van der Waals surface area contributed by atoms with Crippen molar-refractivity contribution in [2.45, 2.75) is 18.9 Å². The molecule has 1 saturated carbocycles. The monoisotopic (exact) mass is 157 g/mol. The summed E-state index contributed by atoms with van der Waals surface area (Å²) >= 11 is 0. The van der Waals surface area contributed by atoms with Crippen LogP contribution in [0.2, 0.25) is 0 Å². The summed E-state index contributed by atoms with van der Waals surface area (Å²) in [6.07, 6.45) is 1.47. The van der Waals surface area contributed by atoms with E-state index in [0.717, 1.165) is 26.1 Å². The lowest BCUT2D eigenvalue weighted by atomic mass is 10.0. The van der Waals surface area contributed by atoms with Crippen molar-refractivity contribution in [2.75, 3.05) is 13.2 Å². The zero-order valence-corrected chi connectivity index (χ0v) is 6.23. The van der Waals surface area contributed by atoms with Crippen LogP contribution in [0.25, 0.3) is 0 Å². The third kappa shape index (κ3) is 1.11. The highest BCUT2D eigenvalue weighted by Gasteiger charge is 2.43. The molecule has 0 N–H and O–H groups in total. The van der Waals surface area contributed by atoms with Crippen molar-refractivity contribution >= 4 is 0 Å². The molecule has 4 nitrogen and oxygen atoms in total. The molecule has 0 aromatic rings. The summed E-state index contributed by atoms with van der Waals surface area (Å²) in [5.41, 5.74) is 0. The third-order valence-corrected chi connectivity index (χ3v) is 2.78. The van der Waals surface area contributed by atoms with E-state index in [9.17, 15) is 10.1 Å². The van der Waals surface area contributed by atoms with Gasteiger partial charge in [-0.2, -0.15) is 0 Å². The van der Waals surface area contributed by atoms with Crippen molar-refractivity contribution in [1.29, 1.82) is 0 Å². The zero-order valence-electron chi connectivity index (χ0n) is 6.23. The molecule has 4 heteroatoms. The van der Waals surface area contributed by atoms with E-state index in [-0.39, 0.29) is 11.0 Å². The minimum absolute atomic E-state index is 0.141. The van der Waals surface area contributed by atoms with Gasteiger partial charge in [0.1, 0.15) is 0 Å². The molecule has 0 aromatic heterocycles. The van der Waals surface area contributed by atoms with Crippen LogP contribution in [-0.4, -0.2) is 24.2 Å². The molecule has 2 fully saturated rings. The van der Waals surface area contributed by atoms with Gasteiger partial charge in [0.05, 0.1) is 13.2 Å². The van der Waals surface area contributed by atoms with Crippen LogP contribution in [0.3, 0.4) is 0 Å². The largest absolute Gasteiger partial charge is 0.381 e. The highest BCUT2D eigenvalue weighted by atomic mass is 16.6. The Kier molecular flexibility index (Phi) is 1.56. The van der Waals surface area contributed by atoms with Crippen LogP contribution in [0, 0.1) is 22.0 Å². The van der Waals surface area contributed by atoms with Gasteiger partial charge in [-0.15, -0.1) is 0 Å². The maximum Gasteiger partial charge on any atom is 0.213 e. The van der Waals surface area contributed by atoms with Gasteiger partial charge in [0.15, 0.2) is 0 Å². The number of hydrogen-bond donors (Lipinski definition) is 0. The van der Waals surface area contributed by atoms with E-state index >= 15 is 0 Å². The van der Waals surface area contributed by atoms with Crippen LogP contribution < -0.4 is 0 Å². The van der Waals surface area contributed by atoms with E-state index in [0.29, 0.717) is 11.8 Å². The standard InChI is InChI=1S/C7H11NO3/c9-8(10)7-1-5-3-11-4-6(5)2-7/h5-7H,1-4H2. The molecular formula is C7H11NO3. The molecular weight excluding hydrogens is 146 g/mol. The van der Waals surface area contributed by atoms with Crippen LogP contribution >= 0.6 is 0 Å². The van der Waals surface area contributed by atoms with Crippen LogP contribution in [-0.2, 0) is 4.74 Å². The van der Waals surface area contributed by atoms with Gasteiger partial charge in [0, 0.05) is 17.8 Å². The number of fused-ring (bicyclic) bond motifs is 1. The highest BCUT2D eigenvalue weighted by molar-refractivity contribution is 4.86. The first kappa shape index (κ1) is 7.03. The second-order valence-corrected chi connectivity index (χ2v) is 3.47. The molecule has 2 atom stereocenters. The average molecular weight is 157 g/mol. The van der Waals surface area contributed by atoms with E-state index in [1.807, 2.05) is 0 Å². The molecule has 0 radical (unpaired) electrons. The van der Waals surface area contributed by atoms with Gasteiger partial charge in [0.2, 0.25) is 6.04 Å². The summed E-state index contributed by atoms with van der Waals surface area (Å²) in [7, 11) is 0. The van der Waals surface area contributed by atoms with Gasteiger partial charge in [-0.05, 0) is 11.8 Å². The normalized spacial score (nSPS) is 42.4. The third-order valence-electron chi connectivity index (χ3n) is 2.78. The van der Waals surface area contributed by atoms with Gasteiger partial charge >= 0.3 is 0 Å². The Morgan fingerprint density at radius 1 is 1.27 bits per heavy atom. The number of nitrogens with zero attached hydrogens (tertiary/aromatic N) is 1. The fourth-order valence-corrected chi connectivity index (χ4v) is 2.13. The van der Waals surface area contributed by atoms with E-state index in [1.165, 1.54) is 0 Å². The molecule has 0 bridgehead atoms. The summed E-state index contributed by atoms with van der Waals surface area (Å²) in [5.74, 6) is 0.954. The summed E-state index contributed by atoms with van der Waals surface area (Å²) in [5, 5.41) is 10.4. The van der Waals surface area contributed by atoms with Crippen LogP contribution in [0.5, 0.6) is 0 Å². The fraction of sp³-hybridized carbons (Fsp3) is 1.00. The molecule has 0 amide bonds. The van der Waals surface area contributed by atoms with Gasteiger partial charge in [-0.25, -0.2) is 0 Å². The van der Waals surface area contributed by atoms with Crippen molar-refractivity contribution in [3.63, 3.8) is 0 Å². The SMILES string of the molecule is O=[N+]([O-])C1CC2COCC2C1. The summed E-state index contributed by atoms with van der Waals surface area (Å²) in [6, 6.07) is -0.283. The molecule has 1 heterocycles. The average Bonchev–Trinajstić information content (AvgIpc) is 2.40. The summed E-state index contributed by atoms with van der Waals surface area (Å²) in [4.78, 5) is 10.3. The maximum atomic E-state index is 10.4. The molecule has 1 aliphatic carbocycles. The first-order valence-corrected chi connectivity index (χ1v) is 3.98. The Morgan fingerprint density at radius 3 is 2.27 bits per heavy atom. The van der Waals surface area contributed by atoms with Crippen molar-refractivity contribution in [3.05, 3.63) is 10.1 Å². The minimum atomic E-state index is -0.283. The highest BCUT2D eigenvalue weighted by Crippen LogP contribution is 2.37. The van der Waals surface area contributed by atoms with Gasteiger partial charge in [0.25, 0.3) is 0 Å². The number of hydrogen-bond acceptors (Lipinski definition) is 3. The molecule has 2 aliphatic rings. The lowest BCUT2D eigenvalue weighted by Gasteiger charge is -2.01. The Morgan fingerprint density at radius 2 is 1.82 bits per heavy atom. The molecule has 0 spiro atoms. The van der Waals surface area contributed by atoms with Crippen molar-refractivity contribution in [1.82, 2.24) is 0 Å². The quantitative estimate of drug-likeness (QED) is 0.415. The van der Waals surface area contributed by atoms with Crippen LogP contribution in [0.1, 0.15) is 12.8 Å². The van der Waals surface area contributed by atoms with Gasteiger partial charge in [-0.3, -0.25) is 10.1 Å². The molecule has 1 aliphatic heterocycles. The molecule has 62 valence electrons. The second-order valence-electron chi connectivity index (χ2n) is 3.47. The Hall–Kier alpha value is -0.640. The van der Waals surface area contributed by atoms with E-state index in [1.54, 1.807) is 0 Å². The van der Waals surface area contributed by atoms with Crippen molar-refractivity contribution in [2.24, 2.45) is 11.8 Å². The number of rotatable bonds is 1. The van der Waals surface area contributed by atoms with Crippen molar-refractivity contribution in [3.8, 4) is 0 Å². The lowest BCUT2D eigenvalue weighted by molar-refractivity contribution is -0.521. The predicted octanol–water partition coefficient (Wildman–Crippen LogP) is 0.688. The topological polar surface area (TPSA) is 52.4 Å². The first-order chi connectivity index (χ1) is 5.27. The fourth-order valence-electron chi connectivity index (χ4n) is 2.13. The maximum absolute atomic E-state index is 10.4. The van der Waals surface area contributed by atoms with E-state index < -0.39 is 0 Å². The predicted molar refractivity (Wildman–Crippen MR) is 37.8 cm³/mol. The minimum Gasteiger partial charge on any atom is -0.381 e. The molecule has 2 unspecified atom stereocenters. The van der Waals surface area contributed by atoms with E-state index in [2.05, 4.69) is 0 Å². The molecule has 0 aromatic carbocycles. The first-order valence-electron chi connectivity index (χ1n) is 3.98. The summed E-state index contributed by atoms with van der Waals surface area (Å²) in [6.45, 7) is 1.49. The Labute approximate surface area is 64.7 Å². The van der Waals surface area contributed by atoms with Gasteiger partial charge < -0.3 is 4.74 Å². The smallest absolute Gasteiger partial charge is 0.213 e. The van der Waals surface area contributed by atoms with Crippen LogP contribution in [0.4, 0.5) is 0 Å². The Balaban J connectivity index is 1.99. The lowest BCUT2D eigenvalue weighted by Crippen LogP contribution is -2.16. The Bertz CT molecular complexity index is 171. The molecule has 11 heavy (non-hydrogen) atoms. The zero-order chi connectivity index (χ0) is 7.84. The second kappa shape index (κ2) is 2.44. The number of nitro groups is 1. The molecule has 1 saturated heterocycles. The van der Waals surface area contributed by atoms with Gasteiger partial charge in [-0.1, -0.05) is 0 Å². The van der Waals surface area contributed by atoms with Crippen LogP contribution in [0.15, 0.2) is 0 Å².